The van der Waals surface area contributed by atoms with Gasteiger partial charge in [-0.2, -0.15) is 0 Å². The summed E-state index contributed by atoms with van der Waals surface area (Å²) < 4.78 is 6.67. The fourth-order valence-corrected chi connectivity index (χ4v) is 12.0. The minimum atomic E-state index is -1.61. The van der Waals surface area contributed by atoms with Crippen molar-refractivity contribution in [2.45, 2.75) is 82.5 Å². The first-order valence-electron chi connectivity index (χ1n) is 17.7. The molecule has 10 heteroatoms. The molecule has 7 rings (SSSR count). The lowest BCUT2D eigenvalue weighted by Crippen LogP contribution is -3.19. The maximum absolute atomic E-state index is 13.2. The molecule has 10 nitrogen and oxygen atoms in total. The molecule has 3 aliphatic heterocycles. The number of aliphatic carboxylic acids is 1. The van der Waals surface area contributed by atoms with E-state index in [0.717, 1.165) is 82.7 Å². The van der Waals surface area contributed by atoms with Crippen LogP contribution in [0.2, 0.25) is 0 Å². The Morgan fingerprint density at radius 3 is 2.93 bits per heavy atom. The fourth-order valence-electron chi connectivity index (χ4n) is 12.0. The van der Waals surface area contributed by atoms with Crippen LogP contribution in [0.1, 0.15) is 64.7 Å². The Labute approximate surface area is 267 Å². The monoisotopic (exact) mass is 623 g/mol. The molecule has 0 aromatic carbocycles. The number of carbonyl (C=O) groups excluding carboxylic acids is 1. The Hall–Kier alpha value is -2.00. The Kier molecular flexibility index (Phi) is 8.58. The van der Waals surface area contributed by atoms with Crippen LogP contribution in [0.25, 0.3) is 0 Å². The van der Waals surface area contributed by atoms with Gasteiger partial charge in [-0.15, -0.1) is 0 Å². The Balaban J connectivity index is 1.31. The van der Waals surface area contributed by atoms with Crippen LogP contribution in [-0.2, 0) is 9.53 Å². The number of guanidine groups is 1. The van der Waals surface area contributed by atoms with Crippen molar-refractivity contribution in [3.8, 4) is 11.8 Å². The van der Waals surface area contributed by atoms with Gasteiger partial charge in [-0.1, -0.05) is 24.3 Å². The van der Waals surface area contributed by atoms with Crippen LogP contribution in [0.4, 0.5) is 0 Å². The van der Waals surface area contributed by atoms with E-state index in [0.29, 0.717) is 37.9 Å². The number of carboxylic acids is 1. The first-order chi connectivity index (χ1) is 21.8. The van der Waals surface area contributed by atoms with Crippen LogP contribution in [0.15, 0.2) is 16.1 Å². The SMILES string of the molecule is CN=C1NCC#C[C@@H]2C[C@@H](C)[C@@]34C[C@](O)(CO[C@H]5CCC[C@H]6NCCC[C@H]56)C(C(=O)[O-])=C3C[C@@H]2[C@@]42C[NH+]1CC[C@@H]2CNCCO. The van der Waals surface area contributed by atoms with E-state index < -0.39 is 17.0 Å². The van der Waals surface area contributed by atoms with Crippen molar-refractivity contribution in [2.24, 2.45) is 45.4 Å². The van der Waals surface area contributed by atoms with Crippen molar-refractivity contribution >= 4 is 11.9 Å². The molecule has 0 amide bonds. The highest BCUT2D eigenvalue weighted by Gasteiger charge is 2.77. The van der Waals surface area contributed by atoms with Gasteiger partial charge < -0.3 is 40.8 Å². The van der Waals surface area contributed by atoms with Crippen LogP contribution in [0, 0.1) is 52.3 Å². The molecule has 3 heterocycles. The molecule has 0 radical (unpaired) electrons. The standard InChI is InChI=1S/C35H53N5O5/c1-22-16-23-6-4-12-39-32(36-2)40-14-10-24(18-37-13-15-41)35(20-40)26(23)17-27-30(31(42)43)33(44,19-34(22,27)35)21-45-29-9-3-8-28-25(29)7-5-11-38-28/h22-26,28-29,37-38,41,44H,3,5,7-21H2,1-2H3,(H,36,39)(H,42,43)/t22-,23-,24-,25+,26+,28-,29+,33+,34+,35+/m1/s1. The molecule has 3 saturated carbocycles. The Morgan fingerprint density at radius 2 is 2.13 bits per heavy atom. The zero-order chi connectivity index (χ0) is 31.4. The number of aliphatic hydroxyl groups excluding tert-OH is 1. The predicted molar refractivity (Wildman–Crippen MR) is 168 cm³/mol. The summed E-state index contributed by atoms with van der Waals surface area (Å²) in [5.41, 5.74) is -1.41. The number of carbonyl (C=O) groups is 1. The number of aliphatic hydroxyl groups is 2. The van der Waals surface area contributed by atoms with Gasteiger partial charge in [-0.3, -0.25) is 4.90 Å². The van der Waals surface area contributed by atoms with Crippen LogP contribution < -0.4 is 26.0 Å². The Morgan fingerprint density at radius 1 is 1.27 bits per heavy atom. The summed E-state index contributed by atoms with van der Waals surface area (Å²) in [5.74, 6) is 7.80. The summed E-state index contributed by atoms with van der Waals surface area (Å²) in [6, 6.07) is 0.443. The number of ether oxygens (including phenoxy) is 1. The highest BCUT2D eigenvalue weighted by atomic mass is 16.5. The van der Waals surface area contributed by atoms with Crippen LogP contribution in [0.5, 0.6) is 0 Å². The second-order valence-corrected chi connectivity index (χ2v) is 15.3. The molecular weight excluding hydrogens is 570 g/mol. The number of hydrogen-bond donors (Lipinski definition) is 6. The predicted octanol–water partition coefficient (Wildman–Crippen LogP) is -1.17. The average Bonchev–Trinajstić information content (AvgIpc) is 3.41. The third-order valence-corrected chi connectivity index (χ3v) is 13.5. The number of quaternary nitrogens is 1. The van der Waals surface area contributed by atoms with Crippen molar-refractivity contribution in [2.75, 3.05) is 59.5 Å². The van der Waals surface area contributed by atoms with Crippen LogP contribution in [0.3, 0.4) is 0 Å². The van der Waals surface area contributed by atoms with Gasteiger partial charge in [-0.05, 0) is 82.2 Å². The van der Waals surface area contributed by atoms with Gasteiger partial charge >= 0.3 is 0 Å². The van der Waals surface area contributed by atoms with E-state index in [9.17, 15) is 20.1 Å². The number of allylic oxidation sites excluding steroid dienone is 1. The largest absolute Gasteiger partial charge is 0.545 e. The summed E-state index contributed by atoms with van der Waals surface area (Å²) in [7, 11) is 1.83. The quantitative estimate of drug-likeness (QED) is 0.147. The van der Waals surface area contributed by atoms with E-state index in [1.807, 2.05) is 7.05 Å². The molecule has 5 bridgehead atoms. The summed E-state index contributed by atoms with van der Waals surface area (Å²) in [4.78, 5) is 19.2. The van der Waals surface area contributed by atoms with E-state index in [4.69, 9.17) is 4.74 Å². The maximum atomic E-state index is 13.2. The number of aliphatic imine (C=N–C) groups is 1. The van der Waals surface area contributed by atoms with Crippen molar-refractivity contribution in [1.82, 2.24) is 16.0 Å². The first-order valence-corrected chi connectivity index (χ1v) is 17.7. The molecular formula is C35H53N5O5. The molecule has 45 heavy (non-hydrogen) atoms. The highest BCUT2D eigenvalue weighted by molar-refractivity contribution is 5.90. The molecule has 4 aliphatic carbocycles. The number of piperidine rings is 2. The number of nitrogens with one attached hydrogen (secondary N) is 4. The minimum Gasteiger partial charge on any atom is -0.545 e. The molecule has 7 aliphatic rings. The normalized spacial score (nSPS) is 46.1. The topological polar surface area (TPSA) is 143 Å². The first kappa shape index (κ1) is 31.6. The summed E-state index contributed by atoms with van der Waals surface area (Å²) >= 11 is 0. The second-order valence-electron chi connectivity index (χ2n) is 15.3. The second kappa shape index (κ2) is 12.2. The van der Waals surface area contributed by atoms with Gasteiger partial charge in [0.05, 0.1) is 44.9 Å². The smallest absolute Gasteiger partial charge is 0.296 e. The van der Waals surface area contributed by atoms with Gasteiger partial charge in [0.2, 0.25) is 0 Å². The number of rotatable bonds is 8. The number of nitrogens with zero attached hydrogens (tertiary/aromatic N) is 1. The maximum Gasteiger partial charge on any atom is 0.296 e. The molecule has 2 spiro atoms. The van der Waals surface area contributed by atoms with Gasteiger partial charge in [0.15, 0.2) is 0 Å². The van der Waals surface area contributed by atoms with Gasteiger partial charge in [0, 0.05) is 54.3 Å². The highest BCUT2D eigenvalue weighted by Crippen LogP contribution is 2.77. The lowest BCUT2D eigenvalue weighted by Gasteiger charge is -2.62. The molecule has 0 aromatic rings. The minimum absolute atomic E-state index is 0.000620. The van der Waals surface area contributed by atoms with Crippen molar-refractivity contribution in [3.05, 3.63) is 11.1 Å². The molecule has 11 atom stereocenters. The molecule has 1 unspecified atom stereocenters. The van der Waals surface area contributed by atoms with Gasteiger partial charge in [0.25, 0.3) is 5.96 Å². The third kappa shape index (κ3) is 4.83. The van der Waals surface area contributed by atoms with E-state index >= 15 is 0 Å². The zero-order valence-corrected chi connectivity index (χ0v) is 27.1. The summed E-state index contributed by atoms with van der Waals surface area (Å²) in [6.07, 6.45) is 8.25. The molecule has 5 fully saturated rings. The van der Waals surface area contributed by atoms with E-state index in [2.05, 4.69) is 39.7 Å². The van der Waals surface area contributed by atoms with Gasteiger partial charge in [0.1, 0.15) is 5.60 Å². The number of carboxylic acid groups (broad SMARTS) is 1. The summed E-state index contributed by atoms with van der Waals surface area (Å²) in [5, 5.41) is 46.2. The lowest BCUT2D eigenvalue weighted by atomic mass is 9.43. The van der Waals surface area contributed by atoms with Crippen LogP contribution in [-0.4, -0.2) is 99.4 Å². The molecule has 0 aromatic heterocycles. The fraction of sp³-hybridized carbons (Fsp3) is 0.829. The Bertz CT molecular complexity index is 1290. The van der Waals surface area contributed by atoms with E-state index in [1.165, 1.54) is 4.90 Å². The molecule has 6 N–H and O–H groups in total. The molecule has 248 valence electrons. The van der Waals surface area contributed by atoms with Crippen LogP contribution >= 0.6 is 0 Å². The van der Waals surface area contributed by atoms with E-state index in [1.54, 1.807) is 0 Å². The summed E-state index contributed by atoms with van der Waals surface area (Å²) in [6.45, 7) is 6.93. The lowest BCUT2D eigenvalue weighted by molar-refractivity contribution is -0.830. The zero-order valence-electron chi connectivity index (χ0n) is 27.1. The van der Waals surface area contributed by atoms with Gasteiger partial charge in [-0.25, -0.2) is 4.99 Å². The number of fused-ring (bicyclic) bond motifs is 2. The van der Waals surface area contributed by atoms with Crippen molar-refractivity contribution in [3.63, 3.8) is 0 Å². The third-order valence-electron chi connectivity index (χ3n) is 13.5. The van der Waals surface area contributed by atoms with Crippen molar-refractivity contribution < 1.29 is 29.8 Å². The van der Waals surface area contributed by atoms with E-state index in [-0.39, 0.29) is 54.0 Å². The van der Waals surface area contributed by atoms with Crippen molar-refractivity contribution in [1.29, 1.82) is 0 Å². The number of hydrogen-bond acceptors (Lipinski definition) is 8. The average molecular weight is 624 g/mol. The molecule has 2 saturated heterocycles.